The number of amides is 1. The van der Waals surface area contributed by atoms with Crippen LogP contribution in [0.4, 0.5) is 0 Å². The van der Waals surface area contributed by atoms with Gasteiger partial charge in [0, 0.05) is 0 Å². The lowest BCUT2D eigenvalue weighted by Crippen LogP contribution is -2.38. The van der Waals surface area contributed by atoms with Gasteiger partial charge in [-0.25, -0.2) is 13.2 Å². The van der Waals surface area contributed by atoms with Gasteiger partial charge >= 0.3 is 5.97 Å². The summed E-state index contributed by atoms with van der Waals surface area (Å²) in [5, 5.41) is 9.53. The molecule has 0 heterocycles. The van der Waals surface area contributed by atoms with Crippen molar-refractivity contribution in [3.05, 3.63) is 28.8 Å². The Hall–Kier alpha value is -2.04. The van der Waals surface area contributed by atoms with Gasteiger partial charge in [0.1, 0.15) is 5.25 Å². The van der Waals surface area contributed by atoms with Crippen molar-refractivity contribution in [2.45, 2.75) is 17.1 Å². The number of sulfone groups is 1. The van der Waals surface area contributed by atoms with Gasteiger partial charge in [0.05, 0.1) is 22.0 Å². The van der Waals surface area contributed by atoms with Crippen molar-refractivity contribution >= 4 is 33.3 Å². The maximum absolute atomic E-state index is 12.3. The predicted molar refractivity (Wildman–Crippen MR) is 76.9 cm³/mol. The molecule has 1 amide bonds. The van der Waals surface area contributed by atoms with Crippen molar-refractivity contribution in [3.8, 4) is 12.3 Å². The number of rotatable bonds is 5. The number of carboxylic acids is 1. The van der Waals surface area contributed by atoms with E-state index < -0.39 is 31.9 Å². The molecule has 2 N–H and O–H groups in total. The van der Waals surface area contributed by atoms with Crippen molar-refractivity contribution in [3.63, 3.8) is 0 Å². The van der Waals surface area contributed by atoms with E-state index in [9.17, 15) is 18.0 Å². The van der Waals surface area contributed by atoms with Crippen LogP contribution in [0.5, 0.6) is 0 Å². The van der Waals surface area contributed by atoms with Crippen molar-refractivity contribution in [2.75, 3.05) is 6.54 Å². The molecule has 0 aliphatic heterocycles. The number of hydrogen-bond donors (Lipinski definition) is 2. The summed E-state index contributed by atoms with van der Waals surface area (Å²) in [5.41, 5.74) is -0.241. The standard InChI is InChI=1S/C13H12ClNO5S/c1-3-6-15-12(16)8(2)21(19,20)11-7-9(13(17)18)4-5-10(11)14/h1,4-5,7-8H,6H2,2H3,(H,15,16)(H,17,18). The molecule has 0 bridgehead atoms. The minimum absolute atomic E-state index is 0.110. The Bertz CT molecular complexity index is 721. The van der Waals surface area contributed by atoms with E-state index in [1.54, 1.807) is 0 Å². The third-order valence-electron chi connectivity index (χ3n) is 2.68. The second kappa shape index (κ2) is 6.61. The molecule has 1 unspecified atom stereocenters. The lowest BCUT2D eigenvalue weighted by Gasteiger charge is -2.14. The van der Waals surface area contributed by atoms with Crippen LogP contribution in [-0.4, -0.2) is 37.2 Å². The number of terminal acetylenes is 1. The first-order valence-corrected chi connectivity index (χ1v) is 7.62. The molecule has 0 fully saturated rings. The zero-order chi connectivity index (χ0) is 16.2. The number of nitrogens with one attached hydrogen (secondary N) is 1. The summed E-state index contributed by atoms with van der Waals surface area (Å²) in [6.45, 7) is 1.06. The highest BCUT2D eigenvalue weighted by Gasteiger charge is 2.31. The van der Waals surface area contributed by atoms with Gasteiger partial charge in [-0.2, -0.15) is 0 Å². The average Bonchev–Trinajstić information content (AvgIpc) is 2.43. The molecule has 0 aromatic heterocycles. The van der Waals surface area contributed by atoms with Gasteiger partial charge in [-0.3, -0.25) is 4.79 Å². The summed E-state index contributed by atoms with van der Waals surface area (Å²) in [6, 6.07) is 3.25. The quantitative estimate of drug-likeness (QED) is 0.783. The highest BCUT2D eigenvalue weighted by atomic mass is 35.5. The number of halogens is 1. The Morgan fingerprint density at radius 3 is 2.62 bits per heavy atom. The van der Waals surface area contributed by atoms with Gasteiger partial charge in [0.15, 0.2) is 9.84 Å². The fourth-order valence-corrected chi connectivity index (χ4v) is 3.28. The normalized spacial score (nSPS) is 12.2. The van der Waals surface area contributed by atoms with E-state index in [-0.39, 0.29) is 17.1 Å². The molecule has 112 valence electrons. The summed E-state index contributed by atoms with van der Waals surface area (Å²) in [7, 11) is -4.13. The van der Waals surface area contributed by atoms with Crippen LogP contribution in [0.1, 0.15) is 17.3 Å². The molecule has 1 aromatic carbocycles. The predicted octanol–water partition coefficient (Wildman–Crippen LogP) is 0.950. The van der Waals surface area contributed by atoms with Gasteiger partial charge in [-0.1, -0.05) is 17.5 Å². The van der Waals surface area contributed by atoms with E-state index in [1.807, 2.05) is 0 Å². The highest BCUT2D eigenvalue weighted by Crippen LogP contribution is 2.26. The minimum atomic E-state index is -4.13. The summed E-state index contributed by atoms with van der Waals surface area (Å²) in [6.07, 6.45) is 4.97. The van der Waals surface area contributed by atoms with Gasteiger partial charge < -0.3 is 10.4 Å². The third-order valence-corrected chi connectivity index (χ3v) is 5.22. The fraction of sp³-hybridized carbons (Fsp3) is 0.231. The molecular weight excluding hydrogens is 318 g/mol. The summed E-state index contributed by atoms with van der Waals surface area (Å²) >= 11 is 5.80. The van der Waals surface area contributed by atoms with Crippen LogP contribution >= 0.6 is 11.6 Å². The van der Waals surface area contributed by atoms with Crippen molar-refractivity contribution in [1.29, 1.82) is 0 Å². The number of aromatic carboxylic acids is 1. The molecule has 0 saturated heterocycles. The molecule has 0 saturated carbocycles. The van der Waals surface area contributed by atoms with Gasteiger partial charge in [-0.15, -0.1) is 6.42 Å². The summed E-state index contributed by atoms with van der Waals surface area (Å²) in [4.78, 5) is 22.2. The van der Waals surface area contributed by atoms with E-state index in [2.05, 4.69) is 11.2 Å². The van der Waals surface area contributed by atoms with Crippen molar-refractivity contribution in [2.24, 2.45) is 0 Å². The molecule has 8 heteroatoms. The first kappa shape index (κ1) is 17.0. The maximum atomic E-state index is 12.3. The minimum Gasteiger partial charge on any atom is -0.478 e. The lowest BCUT2D eigenvalue weighted by molar-refractivity contribution is -0.120. The topological polar surface area (TPSA) is 101 Å². The van der Waals surface area contributed by atoms with E-state index in [0.29, 0.717) is 0 Å². The Labute approximate surface area is 127 Å². The number of carbonyl (C=O) groups excluding carboxylic acids is 1. The van der Waals surface area contributed by atoms with E-state index in [4.69, 9.17) is 23.1 Å². The van der Waals surface area contributed by atoms with Crippen LogP contribution in [-0.2, 0) is 14.6 Å². The van der Waals surface area contributed by atoms with Crippen LogP contribution in [0.15, 0.2) is 23.1 Å². The number of hydrogen-bond acceptors (Lipinski definition) is 4. The van der Waals surface area contributed by atoms with Crippen LogP contribution in [0.3, 0.4) is 0 Å². The molecule has 6 nitrogen and oxygen atoms in total. The molecule has 0 radical (unpaired) electrons. The molecule has 0 aliphatic rings. The first-order valence-electron chi connectivity index (χ1n) is 5.69. The highest BCUT2D eigenvalue weighted by molar-refractivity contribution is 7.92. The Morgan fingerprint density at radius 2 is 2.10 bits per heavy atom. The van der Waals surface area contributed by atoms with Crippen LogP contribution < -0.4 is 5.32 Å². The monoisotopic (exact) mass is 329 g/mol. The molecule has 1 aromatic rings. The number of benzene rings is 1. The third kappa shape index (κ3) is 3.74. The Kier molecular flexibility index (Phi) is 5.35. The van der Waals surface area contributed by atoms with E-state index >= 15 is 0 Å². The second-order valence-corrected chi connectivity index (χ2v) is 6.70. The van der Waals surface area contributed by atoms with Crippen LogP contribution in [0.2, 0.25) is 5.02 Å². The molecule has 0 aliphatic carbocycles. The van der Waals surface area contributed by atoms with Crippen LogP contribution in [0, 0.1) is 12.3 Å². The summed E-state index contributed by atoms with van der Waals surface area (Å²) < 4.78 is 24.7. The fourth-order valence-electron chi connectivity index (χ4n) is 1.47. The number of carboxylic acid groups (broad SMARTS) is 1. The molecule has 1 atom stereocenters. The van der Waals surface area contributed by atoms with Crippen LogP contribution in [0.25, 0.3) is 0 Å². The van der Waals surface area contributed by atoms with Crippen molar-refractivity contribution < 1.29 is 23.1 Å². The largest absolute Gasteiger partial charge is 0.478 e. The molecular formula is C13H12ClNO5S. The average molecular weight is 330 g/mol. The van der Waals surface area contributed by atoms with E-state index in [0.717, 1.165) is 12.1 Å². The van der Waals surface area contributed by atoms with Gasteiger partial charge in [0.2, 0.25) is 5.91 Å². The number of carbonyl (C=O) groups is 2. The molecule has 1 rings (SSSR count). The zero-order valence-electron chi connectivity index (χ0n) is 11.0. The molecule has 0 spiro atoms. The van der Waals surface area contributed by atoms with Gasteiger partial charge in [0.25, 0.3) is 0 Å². The Morgan fingerprint density at radius 1 is 1.48 bits per heavy atom. The lowest BCUT2D eigenvalue weighted by atomic mass is 10.2. The van der Waals surface area contributed by atoms with Crippen molar-refractivity contribution in [1.82, 2.24) is 5.32 Å². The Balaban J connectivity index is 3.25. The zero-order valence-corrected chi connectivity index (χ0v) is 12.5. The SMILES string of the molecule is C#CCNC(=O)C(C)S(=O)(=O)c1cc(C(=O)O)ccc1Cl. The second-order valence-electron chi connectivity index (χ2n) is 4.06. The van der Waals surface area contributed by atoms with E-state index in [1.165, 1.54) is 13.0 Å². The summed E-state index contributed by atoms with van der Waals surface area (Å²) in [5.74, 6) is 0.0637. The molecule has 21 heavy (non-hydrogen) atoms. The smallest absolute Gasteiger partial charge is 0.335 e. The van der Waals surface area contributed by atoms with Gasteiger partial charge in [-0.05, 0) is 25.1 Å². The maximum Gasteiger partial charge on any atom is 0.335 e. The first-order chi connectivity index (χ1) is 9.71.